The summed E-state index contributed by atoms with van der Waals surface area (Å²) in [5.41, 5.74) is 1.01. The van der Waals surface area contributed by atoms with Crippen molar-refractivity contribution in [1.29, 1.82) is 0 Å². The van der Waals surface area contributed by atoms with Crippen LogP contribution in [0.5, 0.6) is 0 Å². The van der Waals surface area contributed by atoms with Crippen LogP contribution in [0, 0.1) is 0 Å². The third-order valence-corrected chi connectivity index (χ3v) is 2.95. The first-order chi connectivity index (χ1) is 8.54. The van der Waals surface area contributed by atoms with Crippen molar-refractivity contribution in [2.45, 2.75) is 19.4 Å². The van der Waals surface area contributed by atoms with E-state index in [0.717, 1.165) is 5.56 Å². The highest BCUT2D eigenvalue weighted by molar-refractivity contribution is 6.29. The number of nitrogens with one attached hydrogen (secondary N) is 1. The van der Waals surface area contributed by atoms with Crippen molar-refractivity contribution in [2.75, 3.05) is 20.2 Å². The average Bonchev–Trinajstić information content (AvgIpc) is 2.39. The number of rotatable bonds is 5. The Labute approximate surface area is 112 Å². The lowest BCUT2D eigenvalue weighted by molar-refractivity contribution is 0.157. The molecule has 1 atom stereocenters. The van der Waals surface area contributed by atoms with Gasteiger partial charge in [0, 0.05) is 19.8 Å². The smallest absolute Gasteiger partial charge is 0.317 e. The van der Waals surface area contributed by atoms with Gasteiger partial charge in [0.05, 0.1) is 12.6 Å². The van der Waals surface area contributed by atoms with Crippen LogP contribution in [0.25, 0.3) is 0 Å². The van der Waals surface area contributed by atoms with E-state index < -0.39 is 0 Å². The molecule has 1 rings (SSSR count). The number of aliphatic hydroxyl groups excluding tert-OH is 1. The molecule has 0 saturated heterocycles. The Balaban J connectivity index is 2.33. The first-order valence-corrected chi connectivity index (χ1v) is 6.14. The van der Waals surface area contributed by atoms with Gasteiger partial charge < -0.3 is 15.3 Å². The third-order valence-electron chi connectivity index (χ3n) is 2.72. The summed E-state index contributed by atoms with van der Waals surface area (Å²) in [7, 11) is 1.65. The van der Waals surface area contributed by atoms with E-state index in [1.807, 2.05) is 6.07 Å². The van der Waals surface area contributed by atoms with Gasteiger partial charge in [-0.25, -0.2) is 9.78 Å². The normalized spacial score (nSPS) is 12.0. The van der Waals surface area contributed by atoms with Gasteiger partial charge in [-0.2, -0.15) is 0 Å². The van der Waals surface area contributed by atoms with E-state index in [9.17, 15) is 4.79 Å². The molecule has 0 fully saturated rings. The number of halogens is 1. The van der Waals surface area contributed by atoms with Crippen molar-refractivity contribution < 1.29 is 9.90 Å². The Hall–Kier alpha value is -1.33. The fourth-order valence-electron chi connectivity index (χ4n) is 1.32. The number of carbonyl (C=O) groups is 1. The quantitative estimate of drug-likeness (QED) is 0.794. The maximum absolute atomic E-state index is 11.7. The lowest BCUT2D eigenvalue weighted by Gasteiger charge is -2.23. The summed E-state index contributed by atoms with van der Waals surface area (Å²) >= 11 is 5.68. The van der Waals surface area contributed by atoms with Crippen LogP contribution >= 0.6 is 11.6 Å². The van der Waals surface area contributed by atoms with E-state index in [4.69, 9.17) is 16.7 Å². The fraction of sp³-hybridized carbons (Fsp3) is 0.500. The first kappa shape index (κ1) is 14.7. The van der Waals surface area contributed by atoms with Crippen LogP contribution in [0.3, 0.4) is 0 Å². The number of aromatic nitrogens is 1. The first-order valence-electron chi connectivity index (χ1n) is 5.76. The summed E-state index contributed by atoms with van der Waals surface area (Å²) in [6.07, 6.45) is 2.38. The van der Waals surface area contributed by atoms with Crippen LogP contribution in [-0.2, 0) is 6.42 Å². The van der Waals surface area contributed by atoms with Crippen LogP contribution < -0.4 is 5.32 Å². The fourth-order valence-corrected chi connectivity index (χ4v) is 1.43. The van der Waals surface area contributed by atoms with Crippen molar-refractivity contribution in [3.8, 4) is 0 Å². The summed E-state index contributed by atoms with van der Waals surface area (Å²) in [5.74, 6) is 0. The van der Waals surface area contributed by atoms with Gasteiger partial charge in [0.1, 0.15) is 5.15 Å². The van der Waals surface area contributed by atoms with Gasteiger partial charge in [0.15, 0.2) is 0 Å². The summed E-state index contributed by atoms with van der Waals surface area (Å²) < 4.78 is 0. The molecule has 0 aromatic carbocycles. The topological polar surface area (TPSA) is 65.5 Å². The van der Waals surface area contributed by atoms with Gasteiger partial charge in [-0.1, -0.05) is 17.7 Å². The van der Waals surface area contributed by atoms with Gasteiger partial charge in [-0.3, -0.25) is 0 Å². The predicted octanol–water partition coefficient (Wildman–Crippen LogP) is 1.30. The van der Waals surface area contributed by atoms with Gasteiger partial charge in [0.2, 0.25) is 0 Å². The largest absolute Gasteiger partial charge is 0.394 e. The molecule has 6 heteroatoms. The highest BCUT2D eigenvalue weighted by Gasteiger charge is 2.13. The Morgan fingerprint density at radius 1 is 1.61 bits per heavy atom. The number of carbonyl (C=O) groups excluding carboxylic acids is 1. The highest BCUT2D eigenvalue weighted by Crippen LogP contribution is 2.05. The minimum Gasteiger partial charge on any atom is -0.394 e. The predicted molar refractivity (Wildman–Crippen MR) is 70.7 cm³/mol. The molecule has 1 aromatic heterocycles. The van der Waals surface area contributed by atoms with Crippen molar-refractivity contribution in [3.05, 3.63) is 29.0 Å². The van der Waals surface area contributed by atoms with Crippen molar-refractivity contribution in [2.24, 2.45) is 0 Å². The molecular weight excluding hydrogens is 254 g/mol. The zero-order valence-corrected chi connectivity index (χ0v) is 11.3. The Kier molecular flexibility index (Phi) is 5.88. The molecule has 0 saturated carbocycles. The Morgan fingerprint density at radius 2 is 2.33 bits per heavy atom. The monoisotopic (exact) mass is 271 g/mol. The van der Waals surface area contributed by atoms with Gasteiger partial charge in [-0.15, -0.1) is 0 Å². The maximum atomic E-state index is 11.7. The molecule has 1 unspecified atom stereocenters. The SMILES string of the molecule is CC(CO)N(C)C(=O)NCCc1ccc(Cl)nc1. The molecule has 2 N–H and O–H groups in total. The zero-order chi connectivity index (χ0) is 13.5. The second kappa shape index (κ2) is 7.18. The molecular formula is C12H18ClN3O2. The van der Waals surface area contributed by atoms with E-state index in [2.05, 4.69) is 10.3 Å². The molecule has 0 bridgehead atoms. The molecule has 5 nitrogen and oxygen atoms in total. The number of aliphatic hydroxyl groups is 1. The minimum absolute atomic E-state index is 0.0506. The van der Waals surface area contributed by atoms with E-state index in [1.54, 1.807) is 26.2 Å². The zero-order valence-electron chi connectivity index (χ0n) is 10.6. The molecule has 0 aliphatic rings. The second-order valence-corrected chi connectivity index (χ2v) is 4.50. The number of urea groups is 1. The number of hydrogen-bond donors (Lipinski definition) is 2. The standard InChI is InChI=1S/C12H18ClN3O2/c1-9(8-17)16(2)12(18)14-6-5-10-3-4-11(13)15-7-10/h3-4,7,9,17H,5-6,8H2,1-2H3,(H,14,18). The lowest BCUT2D eigenvalue weighted by Crippen LogP contribution is -2.44. The molecule has 2 amide bonds. The average molecular weight is 272 g/mol. The van der Waals surface area contributed by atoms with Crippen LogP contribution in [0.1, 0.15) is 12.5 Å². The number of nitrogens with zero attached hydrogens (tertiary/aromatic N) is 2. The van der Waals surface area contributed by atoms with Crippen LogP contribution in [0.4, 0.5) is 4.79 Å². The molecule has 0 aliphatic carbocycles. The Morgan fingerprint density at radius 3 is 2.89 bits per heavy atom. The lowest BCUT2D eigenvalue weighted by atomic mass is 10.2. The molecule has 100 valence electrons. The number of likely N-dealkylation sites (N-methyl/N-ethyl adjacent to an activating group) is 1. The van der Waals surface area contributed by atoms with Crippen molar-refractivity contribution in [1.82, 2.24) is 15.2 Å². The van der Waals surface area contributed by atoms with Crippen molar-refractivity contribution in [3.63, 3.8) is 0 Å². The Bertz CT molecular complexity index is 383. The van der Waals surface area contributed by atoms with Crippen LogP contribution in [0.15, 0.2) is 18.3 Å². The highest BCUT2D eigenvalue weighted by atomic mass is 35.5. The van der Waals surface area contributed by atoms with E-state index in [-0.39, 0.29) is 18.7 Å². The summed E-state index contributed by atoms with van der Waals surface area (Å²) in [6.45, 7) is 2.25. The van der Waals surface area contributed by atoms with E-state index in [0.29, 0.717) is 18.1 Å². The number of pyridine rings is 1. The second-order valence-electron chi connectivity index (χ2n) is 4.11. The van der Waals surface area contributed by atoms with E-state index in [1.165, 1.54) is 4.90 Å². The van der Waals surface area contributed by atoms with Gasteiger partial charge >= 0.3 is 6.03 Å². The molecule has 0 aliphatic heterocycles. The third kappa shape index (κ3) is 4.50. The number of amides is 2. The molecule has 18 heavy (non-hydrogen) atoms. The van der Waals surface area contributed by atoms with Crippen LogP contribution in [-0.4, -0.2) is 47.3 Å². The molecule has 1 aromatic rings. The summed E-state index contributed by atoms with van der Waals surface area (Å²) in [6, 6.07) is 3.21. The van der Waals surface area contributed by atoms with Crippen LogP contribution in [0.2, 0.25) is 5.15 Å². The van der Waals surface area contributed by atoms with Crippen molar-refractivity contribution >= 4 is 17.6 Å². The van der Waals surface area contributed by atoms with Gasteiger partial charge in [-0.05, 0) is 25.0 Å². The van der Waals surface area contributed by atoms with Gasteiger partial charge in [0.25, 0.3) is 0 Å². The minimum atomic E-state index is -0.196. The maximum Gasteiger partial charge on any atom is 0.317 e. The summed E-state index contributed by atoms with van der Waals surface area (Å²) in [5, 5.41) is 12.2. The van der Waals surface area contributed by atoms with E-state index >= 15 is 0 Å². The molecule has 0 spiro atoms. The molecule has 0 radical (unpaired) electrons. The molecule has 1 heterocycles. The summed E-state index contributed by atoms with van der Waals surface area (Å²) in [4.78, 5) is 17.1. The number of hydrogen-bond acceptors (Lipinski definition) is 3.